The summed E-state index contributed by atoms with van der Waals surface area (Å²) < 4.78 is 5.59. The standard InChI is InChI=1S/C15H13N3O/c16-11-4-1-10(2-5-11)3-8-15-18-13-9-12(17)6-7-14(13)19-15/h1-9H,16-17H2. The van der Waals surface area contributed by atoms with Gasteiger partial charge in [0.25, 0.3) is 0 Å². The Kier molecular flexibility index (Phi) is 2.68. The van der Waals surface area contributed by atoms with Crippen molar-refractivity contribution in [1.82, 2.24) is 4.98 Å². The van der Waals surface area contributed by atoms with Crippen molar-refractivity contribution in [3.05, 3.63) is 53.9 Å². The molecule has 4 nitrogen and oxygen atoms in total. The molecule has 2 aromatic carbocycles. The molecule has 1 aromatic heterocycles. The Bertz CT molecular complexity index is 742. The summed E-state index contributed by atoms with van der Waals surface area (Å²) in [5.41, 5.74) is 15.3. The Morgan fingerprint density at radius 1 is 0.895 bits per heavy atom. The first-order valence-electron chi connectivity index (χ1n) is 5.90. The fraction of sp³-hybridized carbons (Fsp3) is 0. The maximum atomic E-state index is 5.70. The third kappa shape index (κ3) is 2.42. The van der Waals surface area contributed by atoms with Crippen molar-refractivity contribution in [1.29, 1.82) is 0 Å². The Balaban J connectivity index is 1.90. The van der Waals surface area contributed by atoms with Gasteiger partial charge in [-0.05, 0) is 42.0 Å². The van der Waals surface area contributed by atoms with Gasteiger partial charge in [0.1, 0.15) is 5.52 Å². The number of nitrogens with two attached hydrogens (primary N) is 2. The summed E-state index contributed by atoms with van der Waals surface area (Å²) in [5.74, 6) is 0.553. The smallest absolute Gasteiger partial charge is 0.220 e. The molecule has 0 unspecified atom stereocenters. The minimum Gasteiger partial charge on any atom is -0.437 e. The molecule has 0 radical (unpaired) electrons. The van der Waals surface area contributed by atoms with Gasteiger partial charge >= 0.3 is 0 Å². The number of rotatable bonds is 2. The summed E-state index contributed by atoms with van der Waals surface area (Å²) in [6, 6.07) is 13.0. The molecular formula is C15H13N3O. The van der Waals surface area contributed by atoms with E-state index in [0.29, 0.717) is 11.6 Å². The zero-order valence-corrected chi connectivity index (χ0v) is 10.2. The number of aromatic nitrogens is 1. The van der Waals surface area contributed by atoms with Crippen molar-refractivity contribution in [3.63, 3.8) is 0 Å². The van der Waals surface area contributed by atoms with Crippen molar-refractivity contribution >= 4 is 34.6 Å². The van der Waals surface area contributed by atoms with E-state index in [0.717, 1.165) is 22.4 Å². The van der Waals surface area contributed by atoms with E-state index in [9.17, 15) is 0 Å². The number of anilines is 2. The van der Waals surface area contributed by atoms with E-state index in [-0.39, 0.29) is 0 Å². The topological polar surface area (TPSA) is 78.1 Å². The lowest BCUT2D eigenvalue weighted by molar-refractivity contribution is 0.590. The predicted molar refractivity (Wildman–Crippen MR) is 78.2 cm³/mol. The third-order valence-corrected chi connectivity index (χ3v) is 2.78. The average Bonchev–Trinajstić information content (AvgIpc) is 2.80. The molecular weight excluding hydrogens is 238 g/mol. The van der Waals surface area contributed by atoms with Crippen LogP contribution in [0, 0.1) is 0 Å². The van der Waals surface area contributed by atoms with Gasteiger partial charge in [0.2, 0.25) is 5.89 Å². The molecule has 4 heteroatoms. The molecule has 0 saturated heterocycles. The van der Waals surface area contributed by atoms with Gasteiger partial charge in [-0.15, -0.1) is 0 Å². The van der Waals surface area contributed by atoms with Crippen LogP contribution in [0.2, 0.25) is 0 Å². The van der Waals surface area contributed by atoms with Crippen LogP contribution in [0.4, 0.5) is 11.4 Å². The second-order valence-corrected chi connectivity index (χ2v) is 4.28. The summed E-state index contributed by atoms with van der Waals surface area (Å²) >= 11 is 0. The molecule has 0 spiro atoms. The molecule has 4 N–H and O–H groups in total. The van der Waals surface area contributed by atoms with Crippen LogP contribution in [0.5, 0.6) is 0 Å². The maximum absolute atomic E-state index is 5.70. The van der Waals surface area contributed by atoms with E-state index in [1.165, 1.54) is 0 Å². The fourth-order valence-electron chi connectivity index (χ4n) is 1.81. The van der Waals surface area contributed by atoms with Gasteiger partial charge in [-0.1, -0.05) is 12.1 Å². The molecule has 19 heavy (non-hydrogen) atoms. The Morgan fingerprint density at radius 2 is 1.63 bits per heavy atom. The van der Waals surface area contributed by atoms with Gasteiger partial charge in [0, 0.05) is 17.5 Å². The number of nitrogens with zero attached hydrogens (tertiary/aromatic N) is 1. The van der Waals surface area contributed by atoms with Crippen molar-refractivity contribution < 1.29 is 4.42 Å². The van der Waals surface area contributed by atoms with E-state index in [4.69, 9.17) is 15.9 Å². The van der Waals surface area contributed by atoms with Crippen LogP contribution in [0.3, 0.4) is 0 Å². The molecule has 0 aliphatic rings. The zero-order valence-electron chi connectivity index (χ0n) is 10.2. The van der Waals surface area contributed by atoms with Crippen LogP contribution < -0.4 is 11.5 Å². The van der Waals surface area contributed by atoms with Crippen molar-refractivity contribution in [2.45, 2.75) is 0 Å². The lowest BCUT2D eigenvalue weighted by atomic mass is 10.2. The molecule has 0 fully saturated rings. The van der Waals surface area contributed by atoms with Crippen LogP contribution in [0.25, 0.3) is 23.3 Å². The monoisotopic (exact) mass is 251 g/mol. The fourth-order valence-corrected chi connectivity index (χ4v) is 1.81. The molecule has 1 heterocycles. The highest BCUT2D eigenvalue weighted by atomic mass is 16.3. The highest BCUT2D eigenvalue weighted by molar-refractivity contribution is 5.79. The number of nitrogen functional groups attached to an aromatic ring is 2. The molecule has 0 atom stereocenters. The van der Waals surface area contributed by atoms with Crippen LogP contribution >= 0.6 is 0 Å². The minimum absolute atomic E-state index is 0.553. The highest BCUT2D eigenvalue weighted by Crippen LogP contribution is 2.19. The highest BCUT2D eigenvalue weighted by Gasteiger charge is 2.02. The quantitative estimate of drug-likeness (QED) is 0.686. The van der Waals surface area contributed by atoms with Crippen LogP contribution in [-0.2, 0) is 0 Å². The first kappa shape index (κ1) is 11.3. The SMILES string of the molecule is Nc1ccc(C=Cc2nc3cc(N)ccc3o2)cc1. The maximum Gasteiger partial charge on any atom is 0.220 e. The van der Waals surface area contributed by atoms with Gasteiger partial charge < -0.3 is 15.9 Å². The number of hydrogen-bond donors (Lipinski definition) is 2. The number of oxazole rings is 1. The molecule has 94 valence electrons. The molecule has 0 aliphatic carbocycles. The Hall–Kier alpha value is -2.75. The van der Waals surface area contributed by atoms with Crippen LogP contribution in [-0.4, -0.2) is 4.98 Å². The van der Waals surface area contributed by atoms with Crippen LogP contribution in [0.15, 0.2) is 46.9 Å². The lowest BCUT2D eigenvalue weighted by Gasteiger charge is -1.93. The summed E-state index contributed by atoms with van der Waals surface area (Å²) in [7, 11) is 0. The van der Waals surface area contributed by atoms with Crippen molar-refractivity contribution in [3.8, 4) is 0 Å². The van der Waals surface area contributed by atoms with E-state index in [1.54, 1.807) is 12.1 Å². The lowest BCUT2D eigenvalue weighted by Crippen LogP contribution is -1.82. The largest absolute Gasteiger partial charge is 0.437 e. The number of hydrogen-bond acceptors (Lipinski definition) is 4. The van der Waals surface area contributed by atoms with E-state index >= 15 is 0 Å². The van der Waals surface area contributed by atoms with Gasteiger partial charge in [-0.2, -0.15) is 0 Å². The van der Waals surface area contributed by atoms with Crippen molar-refractivity contribution in [2.24, 2.45) is 0 Å². The summed E-state index contributed by atoms with van der Waals surface area (Å²) in [6.07, 6.45) is 3.75. The minimum atomic E-state index is 0.553. The van der Waals surface area contributed by atoms with Gasteiger partial charge in [0.15, 0.2) is 5.58 Å². The average molecular weight is 251 g/mol. The molecule has 0 saturated carbocycles. The van der Waals surface area contributed by atoms with Gasteiger partial charge in [0.05, 0.1) is 0 Å². The van der Waals surface area contributed by atoms with Crippen LogP contribution in [0.1, 0.15) is 11.5 Å². The summed E-state index contributed by atoms with van der Waals surface area (Å²) in [6.45, 7) is 0. The first-order chi connectivity index (χ1) is 9.20. The second-order valence-electron chi connectivity index (χ2n) is 4.28. The molecule has 0 amide bonds. The number of fused-ring (bicyclic) bond motifs is 1. The summed E-state index contributed by atoms with van der Waals surface area (Å²) in [4.78, 5) is 4.35. The molecule has 3 rings (SSSR count). The predicted octanol–water partition coefficient (Wildman–Crippen LogP) is 3.16. The number of benzene rings is 2. The van der Waals surface area contributed by atoms with Gasteiger partial charge in [-0.3, -0.25) is 0 Å². The Labute approximate surface area is 110 Å². The van der Waals surface area contributed by atoms with Crippen molar-refractivity contribution in [2.75, 3.05) is 11.5 Å². The first-order valence-corrected chi connectivity index (χ1v) is 5.90. The summed E-state index contributed by atoms with van der Waals surface area (Å²) in [5, 5.41) is 0. The van der Waals surface area contributed by atoms with E-state index in [2.05, 4.69) is 4.98 Å². The molecule has 0 aliphatic heterocycles. The Morgan fingerprint density at radius 3 is 2.42 bits per heavy atom. The normalized spacial score (nSPS) is 11.4. The van der Waals surface area contributed by atoms with E-state index in [1.807, 2.05) is 42.5 Å². The molecule has 0 bridgehead atoms. The second kappa shape index (κ2) is 4.49. The third-order valence-electron chi connectivity index (χ3n) is 2.78. The zero-order chi connectivity index (χ0) is 13.2. The molecule has 3 aromatic rings. The van der Waals surface area contributed by atoms with Gasteiger partial charge in [-0.25, -0.2) is 4.98 Å². The van der Waals surface area contributed by atoms with E-state index < -0.39 is 0 Å².